The second-order valence-electron chi connectivity index (χ2n) is 7.26. The van der Waals surface area contributed by atoms with Gasteiger partial charge in [0.2, 0.25) is 5.91 Å². The maximum atomic E-state index is 12.6. The predicted octanol–water partition coefficient (Wildman–Crippen LogP) is 2.26. The molecule has 2 unspecified atom stereocenters. The van der Waals surface area contributed by atoms with Crippen molar-refractivity contribution in [1.29, 1.82) is 0 Å². The fourth-order valence-electron chi connectivity index (χ4n) is 3.94. The third-order valence-corrected chi connectivity index (χ3v) is 6.19. The number of pyridine rings is 2. The summed E-state index contributed by atoms with van der Waals surface area (Å²) in [7, 11) is 0. The Bertz CT molecular complexity index is 1020. The topological polar surface area (TPSA) is 93.1 Å². The van der Waals surface area contributed by atoms with Crippen molar-refractivity contribution in [1.82, 2.24) is 25.1 Å². The molecular weight excluding hydrogens is 376 g/mol. The lowest BCUT2D eigenvalue weighted by molar-refractivity contribution is -0.120. The lowest BCUT2D eigenvalue weighted by Gasteiger charge is -2.33. The predicted molar refractivity (Wildman–Crippen MR) is 106 cm³/mol. The Balaban J connectivity index is 1.33. The van der Waals surface area contributed by atoms with Crippen LogP contribution < -0.4 is 5.32 Å². The highest BCUT2D eigenvalue weighted by molar-refractivity contribution is 7.14. The van der Waals surface area contributed by atoms with Gasteiger partial charge in [0, 0.05) is 29.9 Å². The number of fused-ring (bicyclic) bond motifs is 3. The molecule has 2 atom stereocenters. The molecule has 5 heterocycles. The zero-order valence-corrected chi connectivity index (χ0v) is 16.3. The first-order valence-electron chi connectivity index (χ1n) is 9.35. The van der Waals surface area contributed by atoms with E-state index in [0.29, 0.717) is 24.4 Å². The largest absolute Gasteiger partial charge is 0.378 e. The molecule has 2 aliphatic rings. The van der Waals surface area contributed by atoms with E-state index in [0.717, 1.165) is 52.5 Å². The lowest BCUT2D eigenvalue weighted by Crippen LogP contribution is -2.48. The second-order valence-corrected chi connectivity index (χ2v) is 8.44. The van der Waals surface area contributed by atoms with Crippen LogP contribution in [0.15, 0.2) is 24.5 Å². The molecule has 9 heteroatoms. The van der Waals surface area contributed by atoms with Gasteiger partial charge in [0.15, 0.2) is 5.01 Å². The van der Waals surface area contributed by atoms with Gasteiger partial charge in [-0.15, -0.1) is 10.2 Å². The van der Waals surface area contributed by atoms with E-state index >= 15 is 0 Å². The number of amides is 1. The zero-order valence-electron chi connectivity index (χ0n) is 15.5. The van der Waals surface area contributed by atoms with Crippen LogP contribution in [0.2, 0.25) is 0 Å². The number of carbonyl (C=O) groups excluding carboxylic acids is 1. The third kappa shape index (κ3) is 3.36. The summed E-state index contributed by atoms with van der Waals surface area (Å²) in [6, 6.07) is 4.55. The summed E-state index contributed by atoms with van der Waals surface area (Å²) in [5.74, 6) is 0.503. The summed E-state index contributed by atoms with van der Waals surface area (Å²) in [6.07, 6.45) is 5.71. The lowest BCUT2D eigenvalue weighted by atomic mass is 10.2. The van der Waals surface area contributed by atoms with E-state index in [-0.39, 0.29) is 5.91 Å². The number of hydrogen-bond acceptors (Lipinski definition) is 8. The van der Waals surface area contributed by atoms with Gasteiger partial charge in [-0.05, 0) is 37.3 Å². The molecule has 3 aromatic heterocycles. The van der Waals surface area contributed by atoms with Crippen LogP contribution in [0.25, 0.3) is 21.5 Å². The molecule has 0 aliphatic carbocycles. The average Bonchev–Trinajstić information content (AvgIpc) is 3.20. The number of morpholine rings is 1. The Morgan fingerprint density at radius 2 is 1.96 bits per heavy atom. The maximum absolute atomic E-state index is 12.6. The van der Waals surface area contributed by atoms with Gasteiger partial charge < -0.3 is 10.1 Å². The van der Waals surface area contributed by atoms with E-state index in [4.69, 9.17) is 4.74 Å². The van der Waals surface area contributed by atoms with Crippen molar-refractivity contribution in [3.8, 4) is 10.7 Å². The molecule has 144 valence electrons. The van der Waals surface area contributed by atoms with Crippen molar-refractivity contribution in [3.05, 3.63) is 29.5 Å². The van der Waals surface area contributed by atoms with Crippen molar-refractivity contribution >= 4 is 33.8 Å². The molecule has 0 aromatic carbocycles. The SMILES string of the molecule is Cc1nnc(-c2cc3cc(NC(=O)CN4C5CCC4COC5)ncc3cn2)s1. The van der Waals surface area contributed by atoms with E-state index in [1.165, 1.54) is 11.3 Å². The van der Waals surface area contributed by atoms with Gasteiger partial charge in [0.05, 0.1) is 19.8 Å². The maximum Gasteiger partial charge on any atom is 0.239 e. The van der Waals surface area contributed by atoms with Crippen LogP contribution >= 0.6 is 11.3 Å². The minimum atomic E-state index is -0.0420. The normalized spacial score (nSPS) is 21.9. The van der Waals surface area contributed by atoms with E-state index in [9.17, 15) is 4.79 Å². The number of rotatable bonds is 4. The molecule has 28 heavy (non-hydrogen) atoms. The molecule has 3 aromatic rings. The molecule has 5 rings (SSSR count). The molecule has 0 saturated carbocycles. The Hall–Kier alpha value is -2.49. The van der Waals surface area contributed by atoms with Crippen molar-refractivity contribution in [2.24, 2.45) is 0 Å². The van der Waals surface area contributed by atoms with E-state index in [1.807, 2.05) is 19.1 Å². The molecule has 2 fully saturated rings. The summed E-state index contributed by atoms with van der Waals surface area (Å²) in [4.78, 5) is 23.6. The quantitative estimate of drug-likeness (QED) is 0.723. The smallest absolute Gasteiger partial charge is 0.239 e. The number of aromatic nitrogens is 4. The number of nitrogens with zero attached hydrogens (tertiary/aromatic N) is 5. The van der Waals surface area contributed by atoms with Crippen LogP contribution in [-0.2, 0) is 9.53 Å². The number of carbonyl (C=O) groups is 1. The molecule has 1 amide bonds. The first-order chi connectivity index (χ1) is 13.7. The Labute approximate surface area is 166 Å². The highest BCUT2D eigenvalue weighted by Crippen LogP contribution is 2.28. The molecule has 2 bridgehead atoms. The van der Waals surface area contributed by atoms with Gasteiger partial charge >= 0.3 is 0 Å². The minimum absolute atomic E-state index is 0.0420. The van der Waals surface area contributed by atoms with Crippen LogP contribution in [0.1, 0.15) is 17.8 Å². The number of ether oxygens (including phenoxy) is 1. The van der Waals surface area contributed by atoms with Gasteiger partial charge in [0.25, 0.3) is 0 Å². The summed E-state index contributed by atoms with van der Waals surface area (Å²) >= 11 is 1.50. The Morgan fingerprint density at radius 1 is 1.18 bits per heavy atom. The number of hydrogen-bond donors (Lipinski definition) is 1. The van der Waals surface area contributed by atoms with Crippen molar-refractivity contribution < 1.29 is 9.53 Å². The monoisotopic (exact) mass is 396 g/mol. The Morgan fingerprint density at radius 3 is 2.71 bits per heavy atom. The highest BCUT2D eigenvalue weighted by atomic mass is 32.1. The molecule has 2 aliphatic heterocycles. The zero-order chi connectivity index (χ0) is 19.1. The van der Waals surface area contributed by atoms with Gasteiger partial charge in [-0.3, -0.25) is 14.7 Å². The molecule has 2 saturated heterocycles. The molecule has 8 nitrogen and oxygen atoms in total. The third-order valence-electron chi connectivity index (χ3n) is 5.33. The summed E-state index contributed by atoms with van der Waals surface area (Å²) in [6.45, 7) is 3.74. The van der Waals surface area contributed by atoms with Crippen LogP contribution in [-0.4, -0.2) is 62.8 Å². The first kappa shape index (κ1) is 17.6. The van der Waals surface area contributed by atoms with Crippen LogP contribution in [0, 0.1) is 6.92 Å². The first-order valence-corrected chi connectivity index (χ1v) is 10.2. The summed E-state index contributed by atoms with van der Waals surface area (Å²) in [5, 5.41) is 14.7. The summed E-state index contributed by atoms with van der Waals surface area (Å²) < 4.78 is 5.58. The van der Waals surface area contributed by atoms with Gasteiger partial charge in [-0.2, -0.15) is 0 Å². The number of aryl methyl sites for hydroxylation is 1. The minimum Gasteiger partial charge on any atom is -0.378 e. The van der Waals surface area contributed by atoms with Crippen molar-refractivity contribution in [2.45, 2.75) is 31.8 Å². The second kappa shape index (κ2) is 7.16. The van der Waals surface area contributed by atoms with Crippen molar-refractivity contribution in [2.75, 3.05) is 25.1 Å². The fourth-order valence-corrected chi connectivity index (χ4v) is 4.60. The van der Waals surface area contributed by atoms with Gasteiger partial charge in [-0.1, -0.05) is 11.3 Å². The van der Waals surface area contributed by atoms with Crippen molar-refractivity contribution in [3.63, 3.8) is 0 Å². The fraction of sp³-hybridized carbons (Fsp3) is 0.421. The molecule has 1 N–H and O–H groups in total. The molecule has 0 spiro atoms. The van der Waals surface area contributed by atoms with Gasteiger partial charge in [-0.25, -0.2) is 4.98 Å². The Kier molecular flexibility index (Phi) is 4.50. The van der Waals surface area contributed by atoms with Crippen LogP contribution in [0.4, 0.5) is 5.82 Å². The van der Waals surface area contributed by atoms with E-state index < -0.39 is 0 Å². The highest BCUT2D eigenvalue weighted by Gasteiger charge is 2.38. The molecule has 0 radical (unpaired) electrons. The summed E-state index contributed by atoms with van der Waals surface area (Å²) in [5.41, 5.74) is 0.770. The number of nitrogens with one attached hydrogen (secondary N) is 1. The van der Waals surface area contributed by atoms with Crippen LogP contribution in [0.5, 0.6) is 0 Å². The van der Waals surface area contributed by atoms with Crippen LogP contribution in [0.3, 0.4) is 0 Å². The van der Waals surface area contributed by atoms with Gasteiger partial charge in [0.1, 0.15) is 16.5 Å². The standard InChI is InChI=1S/C19H20N6O2S/c1-11-23-24-19(28-11)16-4-12-5-17(21-7-13(12)6-20-16)22-18(26)8-25-14-2-3-15(25)10-27-9-14/h4-7,14-15H,2-3,8-10H2,1H3,(H,21,22,26). The molecular formula is C19H20N6O2S. The average molecular weight is 396 g/mol. The van der Waals surface area contributed by atoms with E-state index in [2.05, 4.69) is 30.4 Å². The van der Waals surface area contributed by atoms with E-state index in [1.54, 1.807) is 12.4 Å². The number of anilines is 1.